The van der Waals surface area contributed by atoms with E-state index in [2.05, 4.69) is 4.98 Å². The van der Waals surface area contributed by atoms with E-state index < -0.39 is 0 Å². The standard InChI is InChI=1S/C19H18N2O2/c1-15(17-7-3-2-4-8-17)21(13-16-6-5-10-20-12-16)19(22)18-9-11-23-14-18/h2-12,14-15H,13H2,1H3/t15-/m0/s1. The average Bonchev–Trinajstić information content (AvgIpc) is 3.15. The SMILES string of the molecule is C[C@@H](c1ccccc1)N(Cc1cccnc1)C(=O)c1ccoc1. The van der Waals surface area contributed by atoms with Gasteiger partial charge in [0, 0.05) is 18.9 Å². The van der Waals surface area contributed by atoms with E-state index in [0.29, 0.717) is 12.1 Å². The second-order valence-electron chi connectivity index (χ2n) is 5.39. The lowest BCUT2D eigenvalue weighted by Gasteiger charge is -2.29. The summed E-state index contributed by atoms with van der Waals surface area (Å²) in [6.07, 6.45) is 6.51. The zero-order chi connectivity index (χ0) is 16.1. The maximum atomic E-state index is 12.9. The first-order chi connectivity index (χ1) is 11.3. The molecule has 116 valence electrons. The van der Waals surface area contributed by atoms with Gasteiger partial charge in [-0.15, -0.1) is 0 Å². The number of benzene rings is 1. The number of hydrogen-bond acceptors (Lipinski definition) is 3. The summed E-state index contributed by atoms with van der Waals surface area (Å²) in [7, 11) is 0. The van der Waals surface area contributed by atoms with E-state index in [4.69, 9.17) is 4.42 Å². The number of furan rings is 1. The van der Waals surface area contributed by atoms with Crippen LogP contribution in [0, 0.1) is 0 Å². The smallest absolute Gasteiger partial charge is 0.257 e. The lowest BCUT2D eigenvalue weighted by atomic mass is 10.1. The molecule has 23 heavy (non-hydrogen) atoms. The molecule has 2 aromatic heterocycles. The fourth-order valence-electron chi connectivity index (χ4n) is 2.54. The van der Waals surface area contributed by atoms with Crippen molar-refractivity contribution in [2.75, 3.05) is 0 Å². The number of carbonyl (C=O) groups is 1. The third-order valence-electron chi connectivity index (χ3n) is 3.85. The number of rotatable bonds is 5. The molecule has 0 N–H and O–H groups in total. The number of pyridine rings is 1. The van der Waals surface area contributed by atoms with Crippen LogP contribution < -0.4 is 0 Å². The van der Waals surface area contributed by atoms with Crippen molar-refractivity contribution in [2.45, 2.75) is 19.5 Å². The molecule has 3 aromatic rings. The van der Waals surface area contributed by atoms with Gasteiger partial charge in [0.2, 0.25) is 0 Å². The normalized spacial score (nSPS) is 11.9. The quantitative estimate of drug-likeness (QED) is 0.713. The predicted octanol–water partition coefficient (Wildman–Crippen LogP) is 4.08. The molecule has 0 spiro atoms. The van der Waals surface area contributed by atoms with Crippen molar-refractivity contribution in [3.63, 3.8) is 0 Å². The Balaban J connectivity index is 1.91. The molecule has 4 nitrogen and oxygen atoms in total. The van der Waals surface area contributed by atoms with E-state index in [0.717, 1.165) is 11.1 Å². The Hall–Kier alpha value is -2.88. The van der Waals surface area contributed by atoms with Gasteiger partial charge in [0.1, 0.15) is 6.26 Å². The molecule has 0 aliphatic carbocycles. The number of hydrogen-bond donors (Lipinski definition) is 0. The first-order valence-electron chi connectivity index (χ1n) is 7.52. The van der Waals surface area contributed by atoms with Crippen molar-refractivity contribution in [1.29, 1.82) is 0 Å². The molecule has 0 unspecified atom stereocenters. The first-order valence-corrected chi connectivity index (χ1v) is 7.52. The van der Waals surface area contributed by atoms with Crippen LogP contribution in [0.1, 0.15) is 34.5 Å². The molecule has 0 aliphatic rings. The van der Waals surface area contributed by atoms with Crippen LogP contribution in [0.3, 0.4) is 0 Å². The Morgan fingerprint density at radius 1 is 1.17 bits per heavy atom. The molecule has 0 aliphatic heterocycles. The second-order valence-corrected chi connectivity index (χ2v) is 5.39. The van der Waals surface area contributed by atoms with E-state index in [9.17, 15) is 4.79 Å². The summed E-state index contributed by atoms with van der Waals surface area (Å²) >= 11 is 0. The molecule has 3 rings (SSSR count). The Kier molecular flexibility index (Phi) is 4.52. The lowest BCUT2D eigenvalue weighted by molar-refractivity contribution is 0.0673. The molecular weight excluding hydrogens is 288 g/mol. The van der Waals surface area contributed by atoms with Gasteiger partial charge in [0.25, 0.3) is 5.91 Å². The predicted molar refractivity (Wildman–Crippen MR) is 87.7 cm³/mol. The minimum atomic E-state index is -0.0567. The molecular formula is C19H18N2O2. The maximum absolute atomic E-state index is 12.9. The molecule has 0 radical (unpaired) electrons. The summed E-state index contributed by atoms with van der Waals surface area (Å²) in [6.45, 7) is 2.53. The summed E-state index contributed by atoms with van der Waals surface area (Å²) < 4.78 is 5.06. The van der Waals surface area contributed by atoms with Crippen molar-refractivity contribution >= 4 is 5.91 Å². The molecule has 2 heterocycles. The van der Waals surface area contributed by atoms with Gasteiger partial charge in [-0.1, -0.05) is 36.4 Å². The fourth-order valence-corrected chi connectivity index (χ4v) is 2.54. The van der Waals surface area contributed by atoms with E-state index in [1.165, 1.54) is 12.5 Å². The summed E-state index contributed by atoms with van der Waals surface area (Å²) in [4.78, 5) is 18.8. The van der Waals surface area contributed by atoms with Crippen molar-refractivity contribution in [3.05, 3.63) is 90.1 Å². The molecule has 0 saturated heterocycles. The van der Waals surface area contributed by atoms with Gasteiger partial charge in [0.05, 0.1) is 17.9 Å². The van der Waals surface area contributed by atoms with Crippen LogP contribution in [0.5, 0.6) is 0 Å². The van der Waals surface area contributed by atoms with Crippen molar-refractivity contribution < 1.29 is 9.21 Å². The molecule has 0 bridgehead atoms. The van der Waals surface area contributed by atoms with Crippen LogP contribution in [0.4, 0.5) is 0 Å². The van der Waals surface area contributed by atoms with Crippen molar-refractivity contribution in [2.24, 2.45) is 0 Å². The zero-order valence-corrected chi connectivity index (χ0v) is 12.9. The molecule has 4 heteroatoms. The van der Waals surface area contributed by atoms with Gasteiger partial charge in [-0.05, 0) is 30.2 Å². The highest BCUT2D eigenvalue weighted by Crippen LogP contribution is 2.24. The Morgan fingerprint density at radius 2 is 2.00 bits per heavy atom. The Bertz CT molecular complexity index is 740. The maximum Gasteiger partial charge on any atom is 0.257 e. The van der Waals surface area contributed by atoms with Crippen LogP contribution in [-0.4, -0.2) is 15.8 Å². The van der Waals surface area contributed by atoms with Gasteiger partial charge in [-0.2, -0.15) is 0 Å². The first kappa shape index (κ1) is 15.0. The van der Waals surface area contributed by atoms with E-state index in [1.807, 2.05) is 54.3 Å². The highest BCUT2D eigenvalue weighted by Gasteiger charge is 2.23. The number of nitrogens with zero attached hydrogens (tertiary/aromatic N) is 2. The molecule has 1 amide bonds. The van der Waals surface area contributed by atoms with Crippen LogP contribution in [-0.2, 0) is 6.54 Å². The molecule has 0 fully saturated rings. The van der Waals surface area contributed by atoms with Gasteiger partial charge < -0.3 is 9.32 Å². The minimum absolute atomic E-state index is 0.0565. The summed E-state index contributed by atoms with van der Waals surface area (Å²) in [6, 6.07) is 15.5. The number of amides is 1. The topological polar surface area (TPSA) is 46.3 Å². The second kappa shape index (κ2) is 6.92. The van der Waals surface area contributed by atoms with Crippen LogP contribution >= 0.6 is 0 Å². The van der Waals surface area contributed by atoms with E-state index in [1.54, 1.807) is 18.5 Å². The molecule has 1 aromatic carbocycles. The van der Waals surface area contributed by atoms with Gasteiger partial charge in [0.15, 0.2) is 0 Å². The highest BCUT2D eigenvalue weighted by atomic mass is 16.3. The van der Waals surface area contributed by atoms with Crippen molar-refractivity contribution in [3.8, 4) is 0 Å². The van der Waals surface area contributed by atoms with Crippen LogP contribution in [0.25, 0.3) is 0 Å². The minimum Gasteiger partial charge on any atom is -0.472 e. The zero-order valence-electron chi connectivity index (χ0n) is 12.9. The summed E-state index contributed by atoms with van der Waals surface area (Å²) in [5.74, 6) is -0.0565. The monoisotopic (exact) mass is 306 g/mol. The van der Waals surface area contributed by atoms with Gasteiger partial charge in [-0.25, -0.2) is 0 Å². The molecule has 0 saturated carbocycles. The summed E-state index contributed by atoms with van der Waals surface area (Å²) in [5.41, 5.74) is 2.64. The lowest BCUT2D eigenvalue weighted by Crippen LogP contribution is -2.33. The summed E-state index contributed by atoms with van der Waals surface area (Å²) in [5, 5.41) is 0. The van der Waals surface area contributed by atoms with Gasteiger partial charge in [-0.3, -0.25) is 9.78 Å². The van der Waals surface area contributed by atoms with E-state index >= 15 is 0 Å². The third kappa shape index (κ3) is 3.48. The number of aromatic nitrogens is 1. The Labute approximate surface area is 135 Å². The van der Waals surface area contributed by atoms with E-state index in [-0.39, 0.29) is 11.9 Å². The van der Waals surface area contributed by atoms with Crippen LogP contribution in [0.2, 0.25) is 0 Å². The highest BCUT2D eigenvalue weighted by molar-refractivity contribution is 5.94. The van der Waals surface area contributed by atoms with Crippen LogP contribution in [0.15, 0.2) is 77.9 Å². The average molecular weight is 306 g/mol. The largest absolute Gasteiger partial charge is 0.472 e. The van der Waals surface area contributed by atoms with Gasteiger partial charge >= 0.3 is 0 Å². The fraction of sp³-hybridized carbons (Fsp3) is 0.158. The third-order valence-corrected chi connectivity index (χ3v) is 3.85. The van der Waals surface area contributed by atoms with Crippen molar-refractivity contribution in [1.82, 2.24) is 9.88 Å². The Morgan fingerprint density at radius 3 is 2.65 bits per heavy atom. The number of carbonyl (C=O) groups excluding carboxylic acids is 1. The molecule has 1 atom stereocenters.